The summed E-state index contributed by atoms with van der Waals surface area (Å²) >= 11 is 0. The maximum Gasteiger partial charge on any atom is 1.00 e. The van der Waals surface area contributed by atoms with Crippen LogP contribution < -0.4 is 51.4 Å². The largest absolute Gasteiger partial charge is 1.00 e. The molecule has 0 saturated heterocycles. The predicted octanol–water partition coefficient (Wildman–Crippen LogP) is -3.14. The molecule has 0 heterocycles. The summed E-state index contributed by atoms with van der Waals surface area (Å²) in [6, 6.07) is 0. The first-order valence-electron chi connectivity index (χ1n) is 0.583. The van der Waals surface area contributed by atoms with Crippen LogP contribution in [0.15, 0.2) is 0 Å². The quantitative estimate of drug-likeness (QED) is 0.263. The van der Waals surface area contributed by atoms with Crippen LogP contribution in [0.4, 0.5) is 0 Å². The Kier molecular flexibility index (Phi) is 11.1. The van der Waals surface area contributed by atoms with Gasteiger partial charge in [-0.3, -0.25) is 0 Å². The van der Waals surface area contributed by atoms with Crippen LogP contribution in [0.1, 0.15) is 2.85 Å². The molecule has 0 saturated carbocycles. The second-order valence-electron chi connectivity index (χ2n) is 0.253. The Hall–Kier alpha value is 1.66. The van der Waals surface area contributed by atoms with Gasteiger partial charge in [0.05, 0.1) is 0 Å². The number of hydrogen-bond acceptors (Lipinski definition) is 1. The van der Waals surface area contributed by atoms with Gasteiger partial charge in [0.15, 0.2) is 0 Å². The van der Waals surface area contributed by atoms with E-state index in [1.807, 2.05) is 0 Å². The van der Waals surface area contributed by atoms with Gasteiger partial charge in [-0.1, -0.05) is 0 Å². The SMILES string of the molecule is O=[P+](O)O.[H+].[H+].[K+]. The Bertz CT molecular complexity index is 35.9. The molecule has 5 heteroatoms. The molecule has 3 nitrogen and oxygen atoms in total. The minimum Gasteiger partial charge on any atom is -0.134 e. The first-order chi connectivity index (χ1) is 1.73. The summed E-state index contributed by atoms with van der Waals surface area (Å²) in [4.78, 5) is 14.2. The van der Waals surface area contributed by atoms with Crippen LogP contribution in [0.25, 0.3) is 0 Å². The van der Waals surface area contributed by atoms with E-state index in [1.165, 1.54) is 0 Å². The molecule has 0 unspecified atom stereocenters. The summed E-state index contributed by atoms with van der Waals surface area (Å²) in [5.41, 5.74) is 0. The van der Waals surface area contributed by atoms with E-state index < -0.39 is 8.25 Å². The topological polar surface area (TPSA) is 57.5 Å². The Morgan fingerprint density at radius 1 is 1.60 bits per heavy atom. The van der Waals surface area contributed by atoms with Gasteiger partial charge in [-0.05, 0) is 0 Å². The fraction of sp³-hybridized carbons (Fsp3) is 0. The third-order valence-corrected chi connectivity index (χ3v) is 0. The van der Waals surface area contributed by atoms with Gasteiger partial charge >= 0.3 is 62.5 Å². The van der Waals surface area contributed by atoms with E-state index >= 15 is 0 Å². The van der Waals surface area contributed by atoms with E-state index in [0.29, 0.717) is 0 Å². The molecule has 0 radical (unpaired) electrons. The molecular weight excluding hydrogens is 118 g/mol. The van der Waals surface area contributed by atoms with Gasteiger partial charge in [0.1, 0.15) is 0 Å². The van der Waals surface area contributed by atoms with Crippen molar-refractivity contribution in [1.29, 1.82) is 0 Å². The Morgan fingerprint density at radius 2 is 1.60 bits per heavy atom. The maximum atomic E-state index is 8.70. The summed E-state index contributed by atoms with van der Waals surface area (Å²) in [6.07, 6.45) is 0. The van der Waals surface area contributed by atoms with Gasteiger partial charge in [-0.2, -0.15) is 0 Å². The maximum absolute atomic E-state index is 8.70. The fourth-order valence-electron chi connectivity index (χ4n) is 0. The third kappa shape index (κ3) is 27.6. The van der Waals surface area contributed by atoms with E-state index in [0.717, 1.165) is 0 Å². The molecule has 0 rings (SSSR count). The third-order valence-electron chi connectivity index (χ3n) is 0. The summed E-state index contributed by atoms with van der Waals surface area (Å²) in [6.45, 7) is 0. The molecule has 5 heavy (non-hydrogen) atoms. The molecule has 2 N–H and O–H groups in total. The van der Waals surface area contributed by atoms with E-state index in [1.54, 1.807) is 0 Å². The second-order valence-corrected chi connectivity index (χ2v) is 0.758. The van der Waals surface area contributed by atoms with Gasteiger partial charge in [0, 0.05) is 4.57 Å². The van der Waals surface area contributed by atoms with E-state index in [4.69, 9.17) is 14.4 Å². The predicted molar refractivity (Wildman–Crippen MR) is 14.3 cm³/mol. The Balaban J connectivity index is -0.0000000150. The molecule has 0 aromatic heterocycles. The summed E-state index contributed by atoms with van der Waals surface area (Å²) in [5.74, 6) is 0. The minimum atomic E-state index is -2.87. The molecule has 0 bridgehead atoms. The molecule has 0 aliphatic heterocycles. The number of rotatable bonds is 0. The molecule has 0 aromatic rings. The van der Waals surface area contributed by atoms with E-state index in [9.17, 15) is 0 Å². The van der Waals surface area contributed by atoms with Crippen molar-refractivity contribution in [1.82, 2.24) is 0 Å². The van der Waals surface area contributed by atoms with Gasteiger partial charge in [0.25, 0.3) is 0 Å². The van der Waals surface area contributed by atoms with Crippen molar-refractivity contribution >= 4 is 8.25 Å². The van der Waals surface area contributed by atoms with Crippen molar-refractivity contribution in [3.8, 4) is 0 Å². The standard InChI is InChI=1S/K.HO3P/c;1-4(2)3/h;(H-,1,2,3)/q+1;/p+3. The van der Waals surface area contributed by atoms with Crippen LogP contribution in [0.5, 0.6) is 0 Å². The van der Waals surface area contributed by atoms with E-state index in [-0.39, 0.29) is 54.2 Å². The van der Waals surface area contributed by atoms with Crippen molar-refractivity contribution in [2.24, 2.45) is 0 Å². The van der Waals surface area contributed by atoms with Crippen molar-refractivity contribution in [3.63, 3.8) is 0 Å². The second kappa shape index (κ2) is 5.66. The average molecular weight is 122 g/mol. The first-order valence-corrected chi connectivity index (χ1v) is 1.75. The summed E-state index contributed by atoms with van der Waals surface area (Å²) < 4.78 is 8.70. The molecule has 24 valence electrons. The zero-order valence-electron chi connectivity index (χ0n) is 4.75. The molecular formula is H4KO3P+4. The van der Waals surface area contributed by atoms with Gasteiger partial charge in [0.2, 0.25) is 0 Å². The number of hydrogen-bond donors (Lipinski definition) is 2. The molecule has 0 aliphatic carbocycles. The summed E-state index contributed by atoms with van der Waals surface area (Å²) in [7, 11) is -2.87. The van der Waals surface area contributed by atoms with Crippen LogP contribution in [0.3, 0.4) is 0 Å². The average Bonchev–Trinajstić information content (AvgIpc) is 0.811. The van der Waals surface area contributed by atoms with Crippen LogP contribution in [-0.2, 0) is 4.57 Å². The monoisotopic (exact) mass is 122 g/mol. The zero-order chi connectivity index (χ0) is 3.58. The molecule has 0 spiro atoms. The van der Waals surface area contributed by atoms with Crippen LogP contribution >= 0.6 is 8.25 Å². The zero-order valence-corrected chi connectivity index (χ0v) is 6.77. The molecule has 0 aromatic carbocycles. The van der Waals surface area contributed by atoms with Crippen LogP contribution in [0.2, 0.25) is 0 Å². The fourth-order valence-corrected chi connectivity index (χ4v) is 0. The molecule has 0 amide bonds. The normalized spacial score (nSPS) is 5.20. The minimum absolute atomic E-state index is 0. The van der Waals surface area contributed by atoms with Gasteiger partial charge in [-0.25, -0.2) is 0 Å². The van der Waals surface area contributed by atoms with Gasteiger partial charge in [-0.15, -0.1) is 9.79 Å². The van der Waals surface area contributed by atoms with E-state index in [2.05, 4.69) is 0 Å². The molecule has 0 fully saturated rings. The van der Waals surface area contributed by atoms with Crippen molar-refractivity contribution in [3.05, 3.63) is 0 Å². The van der Waals surface area contributed by atoms with Crippen molar-refractivity contribution in [2.75, 3.05) is 0 Å². The van der Waals surface area contributed by atoms with Crippen molar-refractivity contribution < 1.29 is 68.6 Å². The van der Waals surface area contributed by atoms with Crippen LogP contribution in [-0.4, -0.2) is 9.79 Å². The van der Waals surface area contributed by atoms with Gasteiger partial charge < -0.3 is 0 Å². The Morgan fingerprint density at radius 3 is 1.60 bits per heavy atom. The van der Waals surface area contributed by atoms with Crippen LogP contribution in [0, 0.1) is 0 Å². The first kappa shape index (κ1) is 9.82. The smallest absolute Gasteiger partial charge is 0.134 e. The molecule has 0 atom stereocenters. The summed E-state index contributed by atoms with van der Waals surface area (Å²) in [5, 5.41) is 0. The Labute approximate surface area is 75.7 Å². The molecule has 0 aliphatic rings. The van der Waals surface area contributed by atoms with Crippen molar-refractivity contribution in [2.45, 2.75) is 0 Å².